The number of nitrogens with zero attached hydrogens (tertiary/aromatic N) is 4. The third kappa shape index (κ3) is 4.34. The van der Waals surface area contributed by atoms with Crippen LogP contribution < -0.4 is 21.5 Å². The average Bonchev–Trinajstić information content (AvgIpc) is 3.31. The van der Waals surface area contributed by atoms with Crippen LogP contribution in [0.3, 0.4) is 0 Å². The third-order valence-corrected chi connectivity index (χ3v) is 6.65. The second-order valence-corrected chi connectivity index (χ2v) is 8.71. The van der Waals surface area contributed by atoms with E-state index in [0.717, 1.165) is 0 Å². The second-order valence-electron chi connectivity index (χ2n) is 8.71. The van der Waals surface area contributed by atoms with Crippen LogP contribution in [0, 0.1) is 0 Å². The van der Waals surface area contributed by atoms with E-state index in [0.29, 0.717) is 49.8 Å². The van der Waals surface area contributed by atoms with Gasteiger partial charge in [-0.1, -0.05) is 0 Å². The molecule has 3 N–H and O–H groups in total. The van der Waals surface area contributed by atoms with Crippen molar-refractivity contribution in [2.75, 3.05) is 38.0 Å². The van der Waals surface area contributed by atoms with Crippen LogP contribution >= 0.6 is 0 Å². The zero-order valence-corrected chi connectivity index (χ0v) is 19.5. The highest BCUT2D eigenvalue weighted by molar-refractivity contribution is 6.00. The van der Waals surface area contributed by atoms with Crippen molar-refractivity contribution in [3.05, 3.63) is 46.5 Å². The lowest BCUT2D eigenvalue weighted by molar-refractivity contribution is -0.0609. The number of fused-ring (bicyclic) bond motifs is 1. The Balaban J connectivity index is 1.46. The van der Waals surface area contributed by atoms with E-state index in [4.69, 9.17) is 9.47 Å². The summed E-state index contributed by atoms with van der Waals surface area (Å²) < 4.78 is 27.8. The van der Waals surface area contributed by atoms with Gasteiger partial charge in [-0.25, -0.2) is 9.37 Å². The number of carbonyl (C=O) groups is 1. The summed E-state index contributed by atoms with van der Waals surface area (Å²) in [6.07, 6.45) is 3.59. The minimum absolute atomic E-state index is 0.151. The molecule has 1 saturated carbocycles. The molecule has 0 aromatic carbocycles. The van der Waals surface area contributed by atoms with E-state index in [9.17, 15) is 14.0 Å². The van der Waals surface area contributed by atoms with Crippen molar-refractivity contribution in [3.63, 3.8) is 0 Å². The highest BCUT2D eigenvalue weighted by atomic mass is 19.1. The number of hydrogen-bond donors (Lipinski definition) is 3. The Morgan fingerprint density at radius 2 is 2.17 bits per heavy atom. The fourth-order valence-electron chi connectivity index (χ4n) is 4.48. The molecule has 3 aromatic heterocycles. The SMILES string of the molecule is CNc1cc(Nc2cccn([C@@H]3CCOC[C@@H]3OC)c2=O)nc2c(C(=O)N[C@@H]3CC[C@H]3F)cnn12. The van der Waals surface area contributed by atoms with Gasteiger partial charge < -0.3 is 30.0 Å². The molecular formula is C23H28FN7O4. The summed E-state index contributed by atoms with van der Waals surface area (Å²) in [5, 5.41) is 13.1. The van der Waals surface area contributed by atoms with Crippen molar-refractivity contribution in [1.82, 2.24) is 24.5 Å². The monoisotopic (exact) mass is 485 g/mol. The van der Waals surface area contributed by atoms with Crippen LogP contribution in [-0.2, 0) is 9.47 Å². The summed E-state index contributed by atoms with van der Waals surface area (Å²) in [7, 11) is 3.32. The van der Waals surface area contributed by atoms with Crippen LogP contribution in [0.1, 0.15) is 35.7 Å². The molecule has 0 unspecified atom stereocenters. The van der Waals surface area contributed by atoms with Gasteiger partial charge in [-0.2, -0.15) is 9.61 Å². The first kappa shape index (κ1) is 23.2. The van der Waals surface area contributed by atoms with Gasteiger partial charge >= 0.3 is 0 Å². The van der Waals surface area contributed by atoms with Gasteiger partial charge in [0.25, 0.3) is 11.5 Å². The second kappa shape index (κ2) is 9.62. The van der Waals surface area contributed by atoms with Crippen LogP contribution in [0.5, 0.6) is 0 Å². The Morgan fingerprint density at radius 3 is 2.89 bits per heavy atom. The molecule has 1 aliphatic heterocycles. The maximum absolute atomic E-state index is 13.7. The van der Waals surface area contributed by atoms with Gasteiger partial charge in [-0.05, 0) is 31.4 Å². The third-order valence-electron chi connectivity index (χ3n) is 6.65. The number of halogens is 1. The van der Waals surface area contributed by atoms with Crippen molar-refractivity contribution in [2.24, 2.45) is 0 Å². The van der Waals surface area contributed by atoms with Gasteiger partial charge in [-0.3, -0.25) is 9.59 Å². The smallest absolute Gasteiger partial charge is 0.274 e. The molecule has 0 radical (unpaired) electrons. The molecule has 5 rings (SSSR count). The number of pyridine rings is 1. The largest absolute Gasteiger partial charge is 0.379 e. The first-order valence-electron chi connectivity index (χ1n) is 11.6. The molecule has 186 valence electrons. The fourth-order valence-corrected chi connectivity index (χ4v) is 4.48. The average molecular weight is 486 g/mol. The Bertz CT molecular complexity index is 1290. The number of alkyl halides is 1. The summed E-state index contributed by atoms with van der Waals surface area (Å²) in [5.74, 6) is 0.475. The Kier molecular flexibility index (Phi) is 6.39. The van der Waals surface area contributed by atoms with Crippen molar-refractivity contribution in [3.8, 4) is 0 Å². The molecule has 2 fully saturated rings. The van der Waals surface area contributed by atoms with Gasteiger partial charge in [0.1, 0.15) is 35.2 Å². The highest BCUT2D eigenvalue weighted by Crippen LogP contribution is 2.26. The van der Waals surface area contributed by atoms with Gasteiger partial charge in [0.2, 0.25) is 0 Å². The van der Waals surface area contributed by atoms with Crippen LogP contribution in [0.15, 0.2) is 35.4 Å². The number of aromatic nitrogens is 4. The molecule has 1 amide bonds. The van der Waals surface area contributed by atoms with E-state index in [1.165, 1.54) is 10.7 Å². The summed E-state index contributed by atoms with van der Waals surface area (Å²) in [4.78, 5) is 30.6. The van der Waals surface area contributed by atoms with E-state index in [1.54, 1.807) is 43.1 Å². The predicted molar refractivity (Wildman–Crippen MR) is 127 cm³/mol. The number of carbonyl (C=O) groups excluding carboxylic acids is 1. The van der Waals surface area contributed by atoms with E-state index >= 15 is 0 Å². The molecular weight excluding hydrogens is 457 g/mol. The molecule has 0 bridgehead atoms. The van der Waals surface area contributed by atoms with Gasteiger partial charge in [0.15, 0.2) is 5.65 Å². The first-order chi connectivity index (χ1) is 17.0. The topological polar surface area (TPSA) is 124 Å². The number of methoxy groups -OCH3 is 1. The standard InChI is InChI=1S/C23H28FN7O4/c1-25-20-10-19(29-21-13(11-26-31(20)21)22(32)28-15-6-5-14(15)24)27-16-4-3-8-30(23(16)33)17-7-9-35-12-18(17)34-2/h3-4,8,10-11,14-15,17-18,25H,5-7,9,12H2,1-2H3,(H,27,29)(H,28,32)/t14-,15-,17-,18+/m1/s1. The number of ether oxygens (including phenoxy) is 2. The number of anilines is 3. The zero-order chi connectivity index (χ0) is 24.5. The van der Waals surface area contributed by atoms with E-state index in [2.05, 4.69) is 26.0 Å². The van der Waals surface area contributed by atoms with Gasteiger partial charge in [0, 0.05) is 33.0 Å². The number of amides is 1. The van der Waals surface area contributed by atoms with Crippen molar-refractivity contribution in [2.45, 2.75) is 43.6 Å². The summed E-state index contributed by atoms with van der Waals surface area (Å²) in [6, 6.07) is 4.50. The van der Waals surface area contributed by atoms with Crippen LogP contribution in [-0.4, -0.2) is 70.8 Å². The minimum atomic E-state index is -1.03. The maximum Gasteiger partial charge on any atom is 0.274 e. The maximum atomic E-state index is 13.7. The van der Waals surface area contributed by atoms with Gasteiger partial charge in [0.05, 0.1) is 24.9 Å². The predicted octanol–water partition coefficient (Wildman–Crippen LogP) is 1.88. The number of nitrogens with one attached hydrogen (secondary N) is 3. The summed E-state index contributed by atoms with van der Waals surface area (Å²) in [5.41, 5.74) is 0.610. The molecule has 35 heavy (non-hydrogen) atoms. The first-order valence-corrected chi connectivity index (χ1v) is 11.6. The van der Waals surface area contributed by atoms with Crippen LogP contribution in [0.25, 0.3) is 5.65 Å². The summed E-state index contributed by atoms with van der Waals surface area (Å²) in [6.45, 7) is 0.972. The number of rotatable bonds is 7. The highest BCUT2D eigenvalue weighted by Gasteiger charge is 2.33. The van der Waals surface area contributed by atoms with E-state index in [-0.39, 0.29) is 28.9 Å². The molecule has 1 saturated heterocycles. The molecule has 1 aliphatic carbocycles. The molecule has 4 heterocycles. The molecule has 12 heteroatoms. The normalized spacial score (nSPS) is 24.1. The molecule has 11 nitrogen and oxygen atoms in total. The molecule has 3 aromatic rings. The van der Waals surface area contributed by atoms with Crippen molar-refractivity contribution < 1.29 is 18.7 Å². The minimum Gasteiger partial charge on any atom is -0.379 e. The van der Waals surface area contributed by atoms with E-state index in [1.807, 2.05) is 0 Å². The lowest BCUT2D eigenvalue weighted by Gasteiger charge is -2.32. The summed E-state index contributed by atoms with van der Waals surface area (Å²) >= 11 is 0. The van der Waals surface area contributed by atoms with Crippen molar-refractivity contribution >= 4 is 28.9 Å². The number of hydrogen-bond acceptors (Lipinski definition) is 8. The fraction of sp³-hybridized carbons (Fsp3) is 0.478. The van der Waals surface area contributed by atoms with Crippen LogP contribution in [0.4, 0.5) is 21.7 Å². The van der Waals surface area contributed by atoms with Crippen molar-refractivity contribution in [1.29, 1.82) is 0 Å². The lowest BCUT2D eigenvalue weighted by Crippen LogP contribution is -2.48. The van der Waals surface area contributed by atoms with Crippen LogP contribution in [0.2, 0.25) is 0 Å². The molecule has 2 aliphatic rings. The van der Waals surface area contributed by atoms with E-state index < -0.39 is 18.1 Å². The molecule has 0 spiro atoms. The Hall–Kier alpha value is -3.51. The van der Waals surface area contributed by atoms with Gasteiger partial charge in [-0.15, -0.1) is 0 Å². The Labute approximate surface area is 200 Å². The quantitative estimate of drug-likeness (QED) is 0.464. The lowest BCUT2D eigenvalue weighted by atomic mass is 9.90. The zero-order valence-electron chi connectivity index (χ0n) is 19.5. The molecule has 4 atom stereocenters. The Morgan fingerprint density at radius 1 is 1.31 bits per heavy atom.